The van der Waals surface area contributed by atoms with Crippen LogP contribution in [-0.2, 0) is 4.79 Å². The highest BCUT2D eigenvalue weighted by molar-refractivity contribution is 7.12. The number of halogens is 1. The minimum atomic E-state index is -0.560. The van der Waals surface area contributed by atoms with Crippen LogP contribution in [0.25, 0.3) is 0 Å². The predicted molar refractivity (Wildman–Crippen MR) is 126 cm³/mol. The fraction of sp³-hybridized carbons (Fsp3) is 0.458. The van der Waals surface area contributed by atoms with Crippen molar-refractivity contribution in [1.29, 1.82) is 0 Å². The van der Waals surface area contributed by atoms with Crippen molar-refractivity contribution in [3.8, 4) is 0 Å². The third kappa shape index (κ3) is 5.33. The average molecular weight is 474 g/mol. The molecular weight excluding hydrogens is 446 g/mol. The van der Waals surface area contributed by atoms with E-state index in [9.17, 15) is 14.4 Å². The van der Waals surface area contributed by atoms with Gasteiger partial charge >= 0.3 is 0 Å². The van der Waals surface area contributed by atoms with Gasteiger partial charge in [-0.25, -0.2) is 0 Å². The number of carbonyl (C=O) groups excluding carboxylic acids is 3. The van der Waals surface area contributed by atoms with E-state index in [-0.39, 0.29) is 23.6 Å². The quantitative estimate of drug-likeness (QED) is 0.711. The van der Waals surface area contributed by atoms with E-state index in [0.29, 0.717) is 41.4 Å². The molecule has 2 fully saturated rings. The lowest BCUT2D eigenvalue weighted by molar-refractivity contribution is -0.136. The van der Waals surface area contributed by atoms with Gasteiger partial charge in [-0.15, -0.1) is 11.3 Å². The van der Waals surface area contributed by atoms with Crippen LogP contribution in [0.2, 0.25) is 5.02 Å². The van der Waals surface area contributed by atoms with Crippen LogP contribution in [0.15, 0.2) is 41.8 Å². The molecular formula is C24H28ClN3O3S. The highest BCUT2D eigenvalue weighted by Crippen LogP contribution is 2.25. The Balaban J connectivity index is 1.44. The van der Waals surface area contributed by atoms with Gasteiger partial charge in [-0.2, -0.15) is 0 Å². The van der Waals surface area contributed by atoms with Gasteiger partial charge in [-0.05, 0) is 73.7 Å². The van der Waals surface area contributed by atoms with Crippen molar-refractivity contribution in [3.63, 3.8) is 0 Å². The van der Waals surface area contributed by atoms with Gasteiger partial charge in [0.2, 0.25) is 5.91 Å². The largest absolute Gasteiger partial charge is 0.341 e. The van der Waals surface area contributed by atoms with E-state index in [1.807, 2.05) is 21.2 Å². The van der Waals surface area contributed by atoms with Crippen LogP contribution < -0.4 is 5.32 Å². The van der Waals surface area contributed by atoms with Crippen LogP contribution in [0, 0.1) is 5.92 Å². The average Bonchev–Trinajstić information content (AvgIpc) is 3.38. The number of nitrogens with one attached hydrogen (secondary N) is 1. The van der Waals surface area contributed by atoms with E-state index < -0.39 is 6.04 Å². The Morgan fingerprint density at radius 1 is 0.938 bits per heavy atom. The number of amides is 3. The Bertz CT molecular complexity index is 934. The van der Waals surface area contributed by atoms with Crippen LogP contribution in [0.5, 0.6) is 0 Å². The SMILES string of the molecule is O=C(N[C@H](C(=O)N1CCCCC1)C1CCN(C(=O)c2ccc(Cl)cc2)CC1)c1cccs1. The van der Waals surface area contributed by atoms with Gasteiger partial charge in [0.05, 0.1) is 4.88 Å². The second-order valence-corrected chi connectivity index (χ2v) is 9.84. The Morgan fingerprint density at radius 3 is 2.25 bits per heavy atom. The zero-order valence-corrected chi connectivity index (χ0v) is 19.5. The topological polar surface area (TPSA) is 69.7 Å². The Kier molecular flexibility index (Phi) is 7.48. The highest BCUT2D eigenvalue weighted by atomic mass is 35.5. The molecule has 2 aliphatic rings. The molecule has 1 aromatic heterocycles. The van der Waals surface area contributed by atoms with Gasteiger partial charge in [0.1, 0.15) is 6.04 Å². The summed E-state index contributed by atoms with van der Waals surface area (Å²) < 4.78 is 0. The fourth-order valence-electron chi connectivity index (χ4n) is 4.52. The molecule has 0 unspecified atom stereocenters. The molecule has 4 rings (SSSR count). The molecule has 1 aromatic carbocycles. The maximum absolute atomic E-state index is 13.4. The van der Waals surface area contributed by atoms with Gasteiger partial charge in [0.15, 0.2) is 0 Å². The number of hydrogen-bond donors (Lipinski definition) is 1. The summed E-state index contributed by atoms with van der Waals surface area (Å²) in [5.74, 6) is -0.212. The first kappa shape index (κ1) is 22.8. The van der Waals surface area contributed by atoms with Crippen LogP contribution >= 0.6 is 22.9 Å². The summed E-state index contributed by atoms with van der Waals surface area (Å²) in [4.78, 5) is 43.3. The molecule has 2 saturated heterocycles. The van der Waals surface area contributed by atoms with Gasteiger partial charge in [0.25, 0.3) is 11.8 Å². The monoisotopic (exact) mass is 473 g/mol. The maximum Gasteiger partial charge on any atom is 0.262 e. The van der Waals surface area contributed by atoms with Crippen molar-refractivity contribution in [2.24, 2.45) is 5.92 Å². The molecule has 1 N–H and O–H groups in total. The number of likely N-dealkylation sites (tertiary alicyclic amines) is 2. The molecule has 170 valence electrons. The molecule has 0 saturated carbocycles. The third-order valence-corrected chi connectivity index (χ3v) is 7.48. The summed E-state index contributed by atoms with van der Waals surface area (Å²) in [6, 6.07) is 9.96. The van der Waals surface area contributed by atoms with E-state index in [1.165, 1.54) is 11.3 Å². The summed E-state index contributed by atoms with van der Waals surface area (Å²) in [7, 11) is 0. The standard InChI is InChI=1S/C24H28ClN3O3S/c25-19-8-6-18(7-9-19)23(30)28-14-10-17(11-15-28)21(24(31)27-12-2-1-3-13-27)26-22(29)20-5-4-16-32-20/h4-9,16-17,21H,1-3,10-15H2,(H,26,29)/t21-/m0/s1. The first-order chi connectivity index (χ1) is 15.5. The van der Waals surface area contributed by atoms with Crippen LogP contribution in [0.4, 0.5) is 0 Å². The summed E-state index contributed by atoms with van der Waals surface area (Å²) >= 11 is 7.30. The van der Waals surface area contributed by atoms with Gasteiger partial charge < -0.3 is 15.1 Å². The van der Waals surface area contributed by atoms with Gasteiger partial charge in [-0.1, -0.05) is 17.7 Å². The highest BCUT2D eigenvalue weighted by Gasteiger charge is 2.36. The molecule has 32 heavy (non-hydrogen) atoms. The van der Waals surface area contributed by atoms with E-state index >= 15 is 0 Å². The minimum absolute atomic E-state index is 0.00241. The lowest BCUT2D eigenvalue weighted by atomic mass is 9.87. The smallest absolute Gasteiger partial charge is 0.262 e. The second kappa shape index (κ2) is 10.5. The lowest BCUT2D eigenvalue weighted by Crippen LogP contribution is -2.55. The molecule has 0 radical (unpaired) electrons. The van der Waals surface area contributed by atoms with Crippen molar-refractivity contribution in [2.75, 3.05) is 26.2 Å². The number of hydrogen-bond acceptors (Lipinski definition) is 4. The summed E-state index contributed by atoms with van der Waals surface area (Å²) in [5.41, 5.74) is 0.611. The van der Waals surface area contributed by atoms with Crippen LogP contribution in [0.1, 0.15) is 52.1 Å². The molecule has 8 heteroatoms. The number of nitrogens with zero attached hydrogens (tertiary/aromatic N) is 2. The molecule has 2 aliphatic heterocycles. The van der Waals surface area contributed by atoms with Crippen molar-refractivity contribution in [1.82, 2.24) is 15.1 Å². The fourth-order valence-corrected chi connectivity index (χ4v) is 5.28. The number of rotatable bonds is 5. The number of thiophene rings is 1. The van der Waals surface area contributed by atoms with E-state index in [0.717, 1.165) is 32.4 Å². The Labute approximate surface area is 197 Å². The van der Waals surface area contributed by atoms with Crippen LogP contribution in [-0.4, -0.2) is 59.7 Å². The molecule has 3 amide bonds. The molecule has 3 heterocycles. The predicted octanol–water partition coefficient (Wildman–Crippen LogP) is 4.06. The van der Waals surface area contributed by atoms with E-state index in [2.05, 4.69) is 5.32 Å². The first-order valence-electron chi connectivity index (χ1n) is 11.2. The van der Waals surface area contributed by atoms with Crippen molar-refractivity contribution < 1.29 is 14.4 Å². The van der Waals surface area contributed by atoms with Crippen molar-refractivity contribution in [2.45, 2.75) is 38.1 Å². The molecule has 1 atom stereocenters. The summed E-state index contributed by atoms with van der Waals surface area (Å²) in [6.07, 6.45) is 4.50. The van der Waals surface area contributed by atoms with Crippen molar-refractivity contribution >= 4 is 40.7 Å². The first-order valence-corrected chi connectivity index (χ1v) is 12.5. The second-order valence-electron chi connectivity index (χ2n) is 8.45. The maximum atomic E-state index is 13.4. The van der Waals surface area contributed by atoms with E-state index in [4.69, 9.17) is 11.6 Å². The zero-order valence-electron chi connectivity index (χ0n) is 18.0. The summed E-state index contributed by atoms with van der Waals surface area (Å²) in [5, 5.41) is 5.49. The summed E-state index contributed by atoms with van der Waals surface area (Å²) in [6.45, 7) is 2.62. The normalized spacial score (nSPS) is 18.3. The van der Waals surface area contributed by atoms with E-state index in [1.54, 1.807) is 30.3 Å². The molecule has 0 aliphatic carbocycles. The molecule has 0 spiro atoms. The molecule has 6 nitrogen and oxygen atoms in total. The zero-order chi connectivity index (χ0) is 22.5. The molecule has 0 bridgehead atoms. The van der Waals surface area contributed by atoms with Crippen molar-refractivity contribution in [3.05, 3.63) is 57.2 Å². The number of piperidine rings is 2. The van der Waals surface area contributed by atoms with Gasteiger partial charge in [-0.3, -0.25) is 14.4 Å². The third-order valence-electron chi connectivity index (χ3n) is 6.35. The van der Waals surface area contributed by atoms with Crippen LogP contribution in [0.3, 0.4) is 0 Å². The molecule has 2 aromatic rings. The minimum Gasteiger partial charge on any atom is -0.341 e. The number of carbonyl (C=O) groups is 3. The Hall–Kier alpha value is -2.38. The lowest BCUT2D eigenvalue weighted by Gasteiger charge is -2.38. The Morgan fingerprint density at radius 2 is 1.62 bits per heavy atom. The number of benzene rings is 1. The van der Waals surface area contributed by atoms with Gasteiger partial charge in [0, 0.05) is 36.8 Å².